The zero-order chi connectivity index (χ0) is 13.3. The number of fused-ring (bicyclic) bond motifs is 1. The Morgan fingerprint density at radius 3 is 2.83 bits per heavy atom. The van der Waals surface area contributed by atoms with E-state index in [1.165, 1.54) is 6.07 Å². The van der Waals surface area contributed by atoms with Gasteiger partial charge in [-0.1, -0.05) is 6.92 Å². The smallest absolute Gasteiger partial charge is 0.178 e. The van der Waals surface area contributed by atoms with Crippen molar-refractivity contribution in [1.29, 1.82) is 0 Å². The molecule has 6 heteroatoms. The van der Waals surface area contributed by atoms with Gasteiger partial charge in [0.2, 0.25) is 0 Å². The lowest BCUT2D eigenvalue weighted by molar-refractivity contribution is 0.589. The Kier molecular flexibility index (Phi) is 4.07. The Morgan fingerprint density at radius 1 is 1.44 bits per heavy atom. The molecule has 0 aliphatic heterocycles. The summed E-state index contributed by atoms with van der Waals surface area (Å²) in [7, 11) is 0. The number of benzene rings is 1. The maximum absolute atomic E-state index is 13.6. The van der Waals surface area contributed by atoms with E-state index in [0.29, 0.717) is 22.1 Å². The van der Waals surface area contributed by atoms with Gasteiger partial charge < -0.3 is 9.55 Å². The second-order valence-corrected chi connectivity index (χ2v) is 5.86. The molecular weight excluding hydrogens is 274 g/mol. The van der Waals surface area contributed by atoms with Gasteiger partial charge in [0, 0.05) is 17.9 Å². The van der Waals surface area contributed by atoms with E-state index in [2.05, 4.69) is 11.9 Å². The normalized spacial score (nSPS) is 13.1. The molecule has 1 N–H and O–H groups in total. The van der Waals surface area contributed by atoms with Crippen LogP contribution in [0.1, 0.15) is 13.3 Å². The monoisotopic (exact) mass is 288 g/mol. The molecule has 1 aromatic carbocycles. The van der Waals surface area contributed by atoms with Gasteiger partial charge in [0.05, 0.1) is 5.52 Å². The van der Waals surface area contributed by atoms with Gasteiger partial charge in [-0.15, -0.1) is 0 Å². The fraction of sp³-hybridized carbons (Fsp3) is 0.417. The lowest BCUT2D eigenvalue weighted by atomic mass is 10.2. The van der Waals surface area contributed by atoms with Crippen LogP contribution in [0, 0.1) is 16.4 Å². The van der Waals surface area contributed by atoms with Crippen molar-refractivity contribution in [2.24, 2.45) is 0 Å². The molecule has 1 atom stereocenters. The summed E-state index contributed by atoms with van der Waals surface area (Å²) in [6, 6.07) is 2.18. The molecule has 0 aliphatic carbocycles. The third-order valence-electron chi connectivity index (χ3n) is 2.96. The molecule has 0 fully saturated rings. The number of hydrogen-bond donors (Lipinski definition) is 1. The highest BCUT2D eigenvalue weighted by Gasteiger charge is 2.11. The van der Waals surface area contributed by atoms with E-state index >= 15 is 0 Å². The van der Waals surface area contributed by atoms with Crippen molar-refractivity contribution in [1.82, 2.24) is 9.55 Å². The predicted octanol–water partition coefficient (Wildman–Crippen LogP) is 4.12. The van der Waals surface area contributed by atoms with Crippen LogP contribution in [0.5, 0.6) is 0 Å². The summed E-state index contributed by atoms with van der Waals surface area (Å²) in [5.74, 6) is -1.19. The Morgan fingerprint density at radius 2 is 2.17 bits per heavy atom. The van der Waals surface area contributed by atoms with Crippen LogP contribution < -0.4 is 0 Å². The molecular formula is C12H14F2N2S2. The maximum Gasteiger partial charge on any atom is 0.178 e. The van der Waals surface area contributed by atoms with Crippen molar-refractivity contribution in [3.05, 3.63) is 28.5 Å². The number of nitrogens with zero attached hydrogens (tertiary/aromatic N) is 1. The first-order chi connectivity index (χ1) is 8.52. The van der Waals surface area contributed by atoms with Crippen molar-refractivity contribution in [3.63, 3.8) is 0 Å². The van der Waals surface area contributed by atoms with Crippen LogP contribution in [-0.4, -0.2) is 21.1 Å². The zero-order valence-electron chi connectivity index (χ0n) is 10.2. The van der Waals surface area contributed by atoms with Gasteiger partial charge >= 0.3 is 0 Å². The molecule has 2 rings (SSSR count). The fourth-order valence-electron chi connectivity index (χ4n) is 1.83. The summed E-state index contributed by atoms with van der Waals surface area (Å²) in [4.78, 5) is 2.79. The van der Waals surface area contributed by atoms with E-state index in [9.17, 15) is 8.78 Å². The summed E-state index contributed by atoms with van der Waals surface area (Å²) < 4.78 is 29.0. The molecule has 0 bridgehead atoms. The van der Waals surface area contributed by atoms with Gasteiger partial charge in [-0.2, -0.15) is 11.8 Å². The number of rotatable bonds is 4. The maximum atomic E-state index is 13.6. The van der Waals surface area contributed by atoms with Crippen molar-refractivity contribution >= 4 is 35.0 Å². The van der Waals surface area contributed by atoms with Crippen LogP contribution in [0.25, 0.3) is 11.0 Å². The first-order valence-electron chi connectivity index (χ1n) is 5.63. The van der Waals surface area contributed by atoms with Crippen molar-refractivity contribution < 1.29 is 8.78 Å². The van der Waals surface area contributed by atoms with E-state index < -0.39 is 11.6 Å². The van der Waals surface area contributed by atoms with Crippen LogP contribution >= 0.6 is 24.0 Å². The SMILES string of the molecule is CSC(C)CCn1c(=S)[nH]c2c(F)cc(F)cc21. The Bertz CT molecular complexity index is 618. The standard InChI is InChI=1S/C12H14F2N2S2/c1-7(18-2)3-4-16-10-6-8(13)5-9(14)11(10)15-12(16)17/h5-7H,3-4H2,1-2H3,(H,15,17). The number of imidazole rings is 1. The van der Waals surface area contributed by atoms with Gasteiger partial charge in [-0.25, -0.2) is 8.78 Å². The summed E-state index contributed by atoms with van der Waals surface area (Å²) in [6.07, 6.45) is 2.94. The molecule has 18 heavy (non-hydrogen) atoms. The van der Waals surface area contributed by atoms with E-state index in [1.54, 1.807) is 16.3 Å². The predicted molar refractivity (Wildman–Crippen MR) is 74.6 cm³/mol. The third kappa shape index (κ3) is 2.59. The minimum atomic E-state index is -0.604. The first kappa shape index (κ1) is 13.5. The Balaban J connectivity index is 2.44. The number of H-pyrrole nitrogens is 1. The Labute approximate surface area is 113 Å². The van der Waals surface area contributed by atoms with E-state index in [0.717, 1.165) is 12.5 Å². The second kappa shape index (κ2) is 5.40. The summed E-state index contributed by atoms with van der Waals surface area (Å²) in [5.41, 5.74) is 0.768. The molecule has 0 saturated carbocycles. The highest BCUT2D eigenvalue weighted by molar-refractivity contribution is 7.99. The van der Waals surface area contributed by atoms with Gasteiger partial charge in [-0.3, -0.25) is 0 Å². The van der Waals surface area contributed by atoms with Crippen molar-refractivity contribution in [3.8, 4) is 0 Å². The van der Waals surface area contributed by atoms with Gasteiger partial charge in [0.15, 0.2) is 10.6 Å². The molecule has 2 aromatic rings. The highest BCUT2D eigenvalue weighted by atomic mass is 32.2. The second-order valence-electron chi connectivity index (χ2n) is 4.20. The topological polar surface area (TPSA) is 20.7 Å². The van der Waals surface area contributed by atoms with Crippen LogP contribution in [0.15, 0.2) is 12.1 Å². The molecule has 1 heterocycles. The summed E-state index contributed by atoms with van der Waals surface area (Å²) in [6.45, 7) is 2.77. The number of aryl methyl sites for hydroxylation is 1. The largest absolute Gasteiger partial charge is 0.328 e. The van der Waals surface area contributed by atoms with Gasteiger partial charge in [0.25, 0.3) is 0 Å². The number of nitrogens with one attached hydrogen (secondary N) is 1. The number of aromatic amines is 1. The molecule has 1 unspecified atom stereocenters. The minimum Gasteiger partial charge on any atom is -0.328 e. The van der Waals surface area contributed by atoms with Crippen LogP contribution in [-0.2, 0) is 6.54 Å². The molecule has 0 amide bonds. The summed E-state index contributed by atoms with van der Waals surface area (Å²) in [5, 5.41) is 0.482. The molecule has 2 nitrogen and oxygen atoms in total. The number of aromatic nitrogens is 2. The van der Waals surface area contributed by atoms with Crippen molar-refractivity contribution in [2.75, 3.05) is 6.26 Å². The van der Waals surface area contributed by atoms with Gasteiger partial charge in [-0.05, 0) is 31.0 Å². The third-order valence-corrected chi connectivity index (χ3v) is 4.33. The molecule has 0 aliphatic rings. The number of hydrogen-bond acceptors (Lipinski definition) is 2. The van der Waals surface area contributed by atoms with Crippen LogP contribution in [0.2, 0.25) is 0 Å². The van der Waals surface area contributed by atoms with Crippen molar-refractivity contribution in [2.45, 2.75) is 25.1 Å². The lowest BCUT2D eigenvalue weighted by Crippen LogP contribution is -2.04. The van der Waals surface area contributed by atoms with Gasteiger partial charge in [0.1, 0.15) is 11.3 Å². The Hall–Kier alpha value is -0.880. The molecule has 0 spiro atoms. The van der Waals surface area contributed by atoms with E-state index in [4.69, 9.17) is 12.2 Å². The fourth-order valence-corrected chi connectivity index (χ4v) is 2.46. The first-order valence-corrected chi connectivity index (χ1v) is 7.33. The average Bonchev–Trinajstić information content (AvgIpc) is 2.63. The zero-order valence-corrected chi connectivity index (χ0v) is 11.8. The minimum absolute atomic E-state index is 0.276. The number of halogens is 2. The average molecular weight is 288 g/mol. The van der Waals surface area contributed by atoms with E-state index in [1.807, 2.05) is 6.26 Å². The van der Waals surface area contributed by atoms with Crippen LogP contribution in [0.4, 0.5) is 8.78 Å². The highest BCUT2D eigenvalue weighted by Crippen LogP contribution is 2.21. The molecule has 98 valence electrons. The van der Waals surface area contributed by atoms with Crippen LogP contribution in [0.3, 0.4) is 0 Å². The molecule has 0 saturated heterocycles. The molecule has 1 aromatic heterocycles. The van der Waals surface area contributed by atoms with E-state index in [-0.39, 0.29) is 5.52 Å². The number of thioether (sulfide) groups is 1. The quantitative estimate of drug-likeness (QED) is 0.854. The molecule has 0 radical (unpaired) electrons. The lowest BCUT2D eigenvalue weighted by Gasteiger charge is -2.09. The summed E-state index contributed by atoms with van der Waals surface area (Å²) >= 11 is 6.91.